The van der Waals surface area contributed by atoms with Crippen LogP contribution in [0.25, 0.3) is 0 Å². The van der Waals surface area contributed by atoms with Gasteiger partial charge in [-0.1, -0.05) is 54.6 Å². The number of hydrogen-bond donors (Lipinski definition) is 4. The zero-order valence-electron chi connectivity index (χ0n) is 20.4. The number of rotatable bonds is 11. The van der Waals surface area contributed by atoms with Gasteiger partial charge >= 0.3 is 0 Å². The van der Waals surface area contributed by atoms with Gasteiger partial charge in [0.2, 0.25) is 0 Å². The van der Waals surface area contributed by atoms with Crippen molar-refractivity contribution >= 4 is 0 Å². The summed E-state index contributed by atoms with van der Waals surface area (Å²) in [7, 11) is 1.51. The highest BCUT2D eigenvalue weighted by molar-refractivity contribution is 5.40. The second kappa shape index (κ2) is 12.9. The summed E-state index contributed by atoms with van der Waals surface area (Å²) in [6, 6.07) is 23.8. The minimum absolute atomic E-state index is 0.198. The van der Waals surface area contributed by atoms with Crippen molar-refractivity contribution in [2.24, 2.45) is 0 Å². The largest absolute Gasteiger partial charge is 0.493 e. The molecule has 3 aromatic carbocycles. The zero-order chi connectivity index (χ0) is 26.2. The molecular formula is C28H32O9. The van der Waals surface area contributed by atoms with Crippen LogP contribution in [0.2, 0.25) is 0 Å². The van der Waals surface area contributed by atoms with E-state index < -0.39 is 36.8 Å². The summed E-state index contributed by atoms with van der Waals surface area (Å²) in [5.74, 6) is 1.50. The molecule has 1 aliphatic rings. The molecule has 1 saturated heterocycles. The predicted molar refractivity (Wildman–Crippen MR) is 133 cm³/mol. The predicted octanol–water partition coefficient (Wildman–Crippen LogP) is 2.21. The molecular weight excluding hydrogens is 480 g/mol. The van der Waals surface area contributed by atoms with Gasteiger partial charge in [0, 0.05) is 0 Å². The summed E-state index contributed by atoms with van der Waals surface area (Å²) in [4.78, 5) is 0. The Labute approximate surface area is 215 Å². The molecule has 6 atom stereocenters. The summed E-state index contributed by atoms with van der Waals surface area (Å²) in [6.45, 7) is 0.0182. The van der Waals surface area contributed by atoms with Gasteiger partial charge in [-0.25, -0.2) is 0 Å². The minimum atomic E-state index is -1.46. The van der Waals surface area contributed by atoms with Gasteiger partial charge < -0.3 is 44.1 Å². The lowest BCUT2D eigenvalue weighted by Gasteiger charge is -2.36. The van der Waals surface area contributed by atoms with Crippen LogP contribution in [-0.4, -0.2) is 71.5 Å². The molecule has 37 heavy (non-hydrogen) atoms. The summed E-state index contributed by atoms with van der Waals surface area (Å²) in [5.41, 5.74) is 1.59. The first-order chi connectivity index (χ1) is 18.0. The lowest BCUT2D eigenvalue weighted by molar-refractivity contribution is -0.275. The molecule has 1 fully saturated rings. The van der Waals surface area contributed by atoms with Crippen LogP contribution < -0.4 is 14.2 Å². The maximum atomic E-state index is 11.2. The fourth-order valence-corrected chi connectivity index (χ4v) is 3.90. The van der Waals surface area contributed by atoms with Crippen LogP contribution in [0.15, 0.2) is 78.9 Å². The van der Waals surface area contributed by atoms with Crippen LogP contribution in [0.4, 0.5) is 0 Å². The number of aliphatic hydroxyl groups excluding tert-OH is 4. The van der Waals surface area contributed by atoms with Crippen molar-refractivity contribution in [1.82, 2.24) is 0 Å². The monoisotopic (exact) mass is 512 g/mol. The van der Waals surface area contributed by atoms with Crippen molar-refractivity contribution in [3.63, 3.8) is 0 Å². The highest BCUT2D eigenvalue weighted by Crippen LogP contribution is 2.31. The zero-order valence-corrected chi connectivity index (χ0v) is 20.4. The van der Waals surface area contributed by atoms with Crippen LogP contribution in [0.1, 0.15) is 17.2 Å². The standard InChI is InChI=1S/C28H32O9/c1-33-22-9-5-6-10-23(22)37-24(17-36-28-27(32)26(31)21(29)16-35-28)25(30)19-11-13-20(14-12-19)34-15-18-7-3-2-4-8-18/h2-14,21,24-32H,15-17H2,1H3/t21-,24?,25?,26+,27-,28+/m1/s1. The van der Waals surface area contributed by atoms with E-state index >= 15 is 0 Å². The second-order valence-corrected chi connectivity index (χ2v) is 8.68. The molecule has 9 nitrogen and oxygen atoms in total. The van der Waals surface area contributed by atoms with Crippen LogP contribution in [0.3, 0.4) is 0 Å². The van der Waals surface area contributed by atoms with E-state index in [1.165, 1.54) is 7.11 Å². The van der Waals surface area contributed by atoms with E-state index in [-0.39, 0.29) is 13.2 Å². The van der Waals surface area contributed by atoms with Gasteiger partial charge in [-0.15, -0.1) is 0 Å². The molecule has 2 unspecified atom stereocenters. The van der Waals surface area contributed by atoms with E-state index in [4.69, 9.17) is 23.7 Å². The Morgan fingerprint density at radius 3 is 2.24 bits per heavy atom. The van der Waals surface area contributed by atoms with E-state index in [0.29, 0.717) is 29.4 Å². The van der Waals surface area contributed by atoms with E-state index in [0.717, 1.165) is 5.56 Å². The number of aliphatic hydroxyl groups is 4. The highest BCUT2D eigenvalue weighted by Gasteiger charge is 2.39. The van der Waals surface area contributed by atoms with Gasteiger partial charge in [-0.2, -0.15) is 0 Å². The summed E-state index contributed by atoms with van der Waals surface area (Å²) >= 11 is 0. The van der Waals surface area contributed by atoms with Crippen molar-refractivity contribution in [3.05, 3.63) is 90.0 Å². The average Bonchev–Trinajstić information content (AvgIpc) is 2.94. The van der Waals surface area contributed by atoms with Gasteiger partial charge in [-0.05, 0) is 35.4 Å². The molecule has 9 heteroatoms. The number of hydrogen-bond acceptors (Lipinski definition) is 9. The minimum Gasteiger partial charge on any atom is -0.493 e. The third-order valence-electron chi connectivity index (χ3n) is 6.05. The fourth-order valence-electron chi connectivity index (χ4n) is 3.90. The molecule has 0 aliphatic carbocycles. The normalized spacial score (nSPS) is 23.2. The van der Waals surface area contributed by atoms with E-state index in [9.17, 15) is 20.4 Å². The molecule has 1 heterocycles. The third-order valence-corrected chi connectivity index (χ3v) is 6.05. The Morgan fingerprint density at radius 2 is 1.54 bits per heavy atom. The average molecular weight is 513 g/mol. The van der Waals surface area contributed by atoms with Gasteiger partial charge in [0.25, 0.3) is 0 Å². The van der Waals surface area contributed by atoms with Gasteiger partial charge in [0.15, 0.2) is 23.9 Å². The van der Waals surface area contributed by atoms with Crippen LogP contribution in [0.5, 0.6) is 17.2 Å². The summed E-state index contributed by atoms with van der Waals surface area (Å²) < 4.78 is 28.3. The van der Waals surface area contributed by atoms with Crippen molar-refractivity contribution in [3.8, 4) is 17.2 Å². The smallest absolute Gasteiger partial charge is 0.186 e. The van der Waals surface area contributed by atoms with Crippen molar-refractivity contribution in [2.75, 3.05) is 20.3 Å². The van der Waals surface area contributed by atoms with E-state index in [1.54, 1.807) is 48.5 Å². The molecule has 0 aromatic heterocycles. The topological polar surface area (TPSA) is 127 Å². The van der Waals surface area contributed by atoms with Crippen molar-refractivity contribution < 1.29 is 44.1 Å². The molecule has 0 bridgehead atoms. The molecule has 198 valence electrons. The lowest BCUT2D eigenvalue weighted by Crippen LogP contribution is -2.54. The number of benzene rings is 3. The Balaban J connectivity index is 1.46. The maximum Gasteiger partial charge on any atom is 0.186 e. The number of ether oxygens (including phenoxy) is 5. The molecule has 0 amide bonds. The van der Waals surface area contributed by atoms with Gasteiger partial charge in [0.1, 0.15) is 36.8 Å². The highest BCUT2D eigenvalue weighted by atomic mass is 16.7. The van der Waals surface area contributed by atoms with Gasteiger partial charge in [-0.3, -0.25) is 0 Å². The number of methoxy groups -OCH3 is 1. The quantitative estimate of drug-likeness (QED) is 0.306. The molecule has 4 N–H and O–H groups in total. The number of para-hydroxylation sites is 2. The lowest BCUT2D eigenvalue weighted by atomic mass is 10.0. The van der Waals surface area contributed by atoms with Crippen molar-refractivity contribution in [2.45, 2.75) is 43.4 Å². The van der Waals surface area contributed by atoms with Crippen molar-refractivity contribution in [1.29, 1.82) is 0 Å². The first-order valence-electron chi connectivity index (χ1n) is 12.0. The third kappa shape index (κ3) is 6.98. The molecule has 3 aromatic rings. The molecule has 0 spiro atoms. The van der Waals surface area contributed by atoms with E-state index in [2.05, 4.69) is 0 Å². The Morgan fingerprint density at radius 1 is 0.865 bits per heavy atom. The summed E-state index contributed by atoms with van der Waals surface area (Å²) in [5, 5.41) is 41.1. The maximum absolute atomic E-state index is 11.2. The van der Waals surface area contributed by atoms with E-state index in [1.807, 2.05) is 30.3 Å². The first kappa shape index (κ1) is 26.9. The van der Waals surface area contributed by atoms with Crippen LogP contribution in [0, 0.1) is 0 Å². The second-order valence-electron chi connectivity index (χ2n) is 8.68. The molecule has 0 saturated carbocycles. The Hall–Kier alpha value is -3.18. The van der Waals surface area contributed by atoms with Crippen LogP contribution in [-0.2, 0) is 16.1 Å². The van der Waals surface area contributed by atoms with Crippen LogP contribution >= 0.6 is 0 Å². The Bertz CT molecular complexity index is 1090. The first-order valence-corrected chi connectivity index (χ1v) is 12.0. The fraction of sp³-hybridized carbons (Fsp3) is 0.357. The summed E-state index contributed by atoms with van der Waals surface area (Å²) in [6.07, 6.45) is -7.38. The van der Waals surface area contributed by atoms with Gasteiger partial charge in [0.05, 0.1) is 20.3 Å². The molecule has 1 aliphatic heterocycles. The molecule has 4 rings (SSSR count). The Kier molecular flexibility index (Phi) is 9.34. The SMILES string of the molecule is COc1ccccc1OC(CO[C@@H]1OC[C@@H](O)[C@H](O)[C@H]1O)C(O)c1ccc(OCc2ccccc2)cc1. The molecule has 0 radical (unpaired) electrons.